The predicted molar refractivity (Wildman–Crippen MR) is 55.9 cm³/mol. The van der Waals surface area contributed by atoms with E-state index < -0.39 is 12.1 Å². The molecule has 0 bridgehead atoms. The molecule has 0 aromatic heterocycles. The third-order valence-electron chi connectivity index (χ3n) is 2.05. The lowest BCUT2D eigenvalue weighted by molar-refractivity contribution is -0.145. The second-order valence-corrected chi connectivity index (χ2v) is 3.32. The van der Waals surface area contributed by atoms with Crippen LogP contribution >= 0.6 is 0 Å². The molecule has 0 spiro atoms. The highest BCUT2D eigenvalue weighted by atomic mass is 19.1. The number of benzene rings is 1. The van der Waals surface area contributed by atoms with E-state index in [-0.39, 0.29) is 12.2 Å². The summed E-state index contributed by atoms with van der Waals surface area (Å²) in [6, 6.07) is 7.47. The molecule has 0 amide bonds. The van der Waals surface area contributed by atoms with Crippen molar-refractivity contribution in [3.05, 3.63) is 35.6 Å². The Balaban J connectivity index is 2.52. The maximum Gasteiger partial charge on any atom is 0.311 e. The Morgan fingerprint density at radius 2 is 2.12 bits per heavy atom. The van der Waals surface area contributed by atoms with Gasteiger partial charge in [0.05, 0.1) is 6.42 Å². The smallest absolute Gasteiger partial charge is 0.311 e. The van der Waals surface area contributed by atoms with Crippen LogP contribution in [-0.2, 0) is 16.0 Å². The number of hydrogen-bond acceptors (Lipinski definition) is 3. The molecule has 84 valence electrons. The number of nitrogens with zero attached hydrogens (tertiary/aromatic N) is 1. The average molecular weight is 221 g/mol. The van der Waals surface area contributed by atoms with Crippen molar-refractivity contribution in [2.45, 2.75) is 25.9 Å². The lowest BCUT2D eigenvalue weighted by Gasteiger charge is -2.08. The summed E-state index contributed by atoms with van der Waals surface area (Å²) in [5, 5.41) is 8.60. The summed E-state index contributed by atoms with van der Waals surface area (Å²) in [5.41, 5.74) is 0.666. The van der Waals surface area contributed by atoms with Crippen LogP contribution in [0.1, 0.15) is 18.9 Å². The van der Waals surface area contributed by atoms with Crippen LogP contribution in [0.3, 0.4) is 0 Å². The molecule has 0 aliphatic heterocycles. The Labute approximate surface area is 93.5 Å². The van der Waals surface area contributed by atoms with E-state index in [1.165, 1.54) is 24.3 Å². The lowest BCUT2D eigenvalue weighted by Crippen LogP contribution is -2.17. The molecule has 0 aliphatic rings. The van der Waals surface area contributed by atoms with E-state index in [0.29, 0.717) is 12.0 Å². The van der Waals surface area contributed by atoms with E-state index in [0.717, 1.165) is 0 Å². The van der Waals surface area contributed by atoms with E-state index in [1.807, 2.05) is 6.07 Å². The van der Waals surface area contributed by atoms with Crippen LogP contribution in [0.25, 0.3) is 0 Å². The van der Waals surface area contributed by atoms with Gasteiger partial charge in [0, 0.05) is 0 Å². The van der Waals surface area contributed by atoms with Crippen LogP contribution in [0.15, 0.2) is 24.3 Å². The summed E-state index contributed by atoms with van der Waals surface area (Å²) in [6.07, 6.45) is -0.183. The Hall–Kier alpha value is -1.89. The number of hydrogen-bond donors (Lipinski definition) is 0. The van der Waals surface area contributed by atoms with Gasteiger partial charge in [-0.05, 0) is 24.1 Å². The van der Waals surface area contributed by atoms with E-state index >= 15 is 0 Å². The number of rotatable bonds is 4. The highest BCUT2D eigenvalue weighted by molar-refractivity contribution is 5.72. The van der Waals surface area contributed by atoms with Gasteiger partial charge in [0.2, 0.25) is 0 Å². The fraction of sp³-hybridized carbons (Fsp3) is 0.333. The van der Waals surface area contributed by atoms with Crippen molar-refractivity contribution in [3.63, 3.8) is 0 Å². The first-order valence-electron chi connectivity index (χ1n) is 4.99. The van der Waals surface area contributed by atoms with Crippen LogP contribution in [-0.4, -0.2) is 12.1 Å². The van der Waals surface area contributed by atoms with Crippen molar-refractivity contribution in [1.29, 1.82) is 5.26 Å². The molecule has 1 aromatic carbocycles. The highest BCUT2D eigenvalue weighted by Gasteiger charge is 2.11. The largest absolute Gasteiger partial charge is 0.447 e. The Bertz CT molecular complexity index is 394. The molecule has 3 nitrogen and oxygen atoms in total. The van der Waals surface area contributed by atoms with Gasteiger partial charge < -0.3 is 4.74 Å². The van der Waals surface area contributed by atoms with Crippen LogP contribution in [0.5, 0.6) is 0 Å². The monoisotopic (exact) mass is 221 g/mol. The molecular weight excluding hydrogens is 209 g/mol. The summed E-state index contributed by atoms with van der Waals surface area (Å²) >= 11 is 0. The first-order valence-corrected chi connectivity index (χ1v) is 4.99. The van der Waals surface area contributed by atoms with E-state index in [4.69, 9.17) is 10.00 Å². The minimum absolute atomic E-state index is 0.0540. The molecule has 0 aliphatic carbocycles. The normalized spacial score (nSPS) is 11.6. The van der Waals surface area contributed by atoms with Gasteiger partial charge in [-0.2, -0.15) is 5.26 Å². The number of carbonyl (C=O) groups is 1. The summed E-state index contributed by atoms with van der Waals surface area (Å²) in [5.74, 6) is -0.819. The van der Waals surface area contributed by atoms with Crippen molar-refractivity contribution in [2.75, 3.05) is 0 Å². The Morgan fingerprint density at radius 3 is 2.62 bits per heavy atom. The van der Waals surface area contributed by atoms with Gasteiger partial charge in [0.25, 0.3) is 0 Å². The SMILES string of the molecule is CCC(C#N)OC(=O)Cc1ccc(F)cc1. The Morgan fingerprint density at radius 1 is 1.50 bits per heavy atom. The fourth-order valence-corrected chi connectivity index (χ4v) is 1.17. The summed E-state index contributed by atoms with van der Waals surface area (Å²) in [6.45, 7) is 1.76. The summed E-state index contributed by atoms with van der Waals surface area (Å²) < 4.78 is 17.5. The zero-order valence-electron chi connectivity index (χ0n) is 8.94. The molecule has 0 fully saturated rings. The molecule has 4 heteroatoms. The van der Waals surface area contributed by atoms with Crippen LogP contribution < -0.4 is 0 Å². The zero-order valence-corrected chi connectivity index (χ0v) is 8.94. The van der Waals surface area contributed by atoms with Crippen LogP contribution in [0.4, 0.5) is 4.39 Å². The molecule has 1 aromatic rings. The van der Waals surface area contributed by atoms with E-state index in [1.54, 1.807) is 6.92 Å². The average Bonchev–Trinajstić information content (AvgIpc) is 2.29. The van der Waals surface area contributed by atoms with Gasteiger partial charge in [-0.25, -0.2) is 4.39 Å². The number of nitriles is 1. The quantitative estimate of drug-likeness (QED) is 0.732. The molecule has 0 radical (unpaired) electrons. The minimum atomic E-state index is -0.701. The van der Waals surface area contributed by atoms with Crippen molar-refractivity contribution in [1.82, 2.24) is 0 Å². The second kappa shape index (κ2) is 5.86. The van der Waals surface area contributed by atoms with Crippen molar-refractivity contribution in [3.8, 4) is 6.07 Å². The van der Waals surface area contributed by atoms with E-state index in [9.17, 15) is 9.18 Å². The molecule has 16 heavy (non-hydrogen) atoms. The number of halogens is 1. The zero-order chi connectivity index (χ0) is 12.0. The minimum Gasteiger partial charge on any atom is -0.447 e. The fourth-order valence-electron chi connectivity index (χ4n) is 1.17. The Kier molecular flexibility index (Phi) is 4.46. The first-order chi connectivity index (χ1) is 7.65. The number of ether oxygens (including phenoxy) is 1. The van der Waals surface area contributed by atoms with Gasteiger partial charge >= 0.3 is 5.97 Å². The molecule has 1 unspecified atom stereocenters. The molecule has 0 saturated carbocycles. The van der Waals surface area contributed by atoms with Gasteiger partial charge in [0.1, 0.15) is 11.9 Å². The second-order valence-electron chi connectivity index (χ2n) is 3.32. The topological polar surface area (TPSA) is 50.1 Å². The summed E-state index contributed by atoms with van der Waals surface area (Å²) in [7, 11) is 0. The summed E-state index contributed by atoms with van der Waals surface area (Å²) in [4.78, 5) is 11.4. The highest BCUT2D eigenvalue weighted by Crippen LogP contribution is 2.06. The van der Waals surface area contributed by atoms with E-state index in [2.05, 4.69) is 0 Å². The van der Waals surface area contributed by atoms with Gasteiger partial charge in [-0.1, -0.05) is 19.1 Å². The van der Waals surface area contributed by atoms with Crippen molar-refractivity contribution in [2.24, 2.45) is 0 Å². The maximum atomic E-state index is 12.6. The van der Waals surface area contributed by atoms with Gasteiger partial charge in [-0.15, -0.1) is 0 Å². The lowest BCUT2D eigenvalue weighted by atomic mass is 10.1. The maximum absolute atomic E-state index is 12.6. The van der Waals surface area contributed by atoms with Crippen molar-refractivity contribution >= 4 is 5.97 Å². The predicted octanol–water partition coefficient (Wildman–Crippen LogP) is 2.21. The molecule has 0 heterocycles. The molecule has 0 N–H and O–H groups in total. The van der Waals surface area contributed by atoms with Gasteiger partial charge in [0.15, 0.2) is 6.10 Å². The molecule has 1 rings (SSSR count). The number of carbonyl (C=O) groups excluding carboxylic acids is 1. The third-order valence-corrected chi connectivity index (χ3v) is 2.05. The molecular formula is C12H12FNO2. The first kappa shape index (κ1) is 12.2. The number of esters is 1. The van der Waals surface area contributed by atoms with Crippen LogP contribution in [0, 0.1) is 17.1 Å². The van der Waals surface area contributed by atoms with Gasteiger partial charge in [-0.3, -0.25) is 4.79 Å². The third kappa shape index (κ3) is 3.70. The molecule has 1 atom stereocenters. The molecule has 0 saturated heterocycles. The van der Waals surface area contributed by atoms with Crippen LogP contribution in [0.2, 0.25) is 0 Å². The standard InChI is InChI=1S/C12H12FNO2/c1-2-11(8-14)16-12(15)7-9-3-5-10(13)6-4-9/h3-6,11H,2,7H2,1H3. The van der Waals surface area contributed by atoms with Crippen molar-refractivity contribution < 1.29 is 13.9 Å².